The quantitative estimate of drug-likeness (QED) is 0.663. The first-order chi connectivity index (χ1) is 14.3. The van der Waals surface area contributed by atoms with Crippen molar-refractivity contribution in [1.82, 2.24) is 14.8 Å². The predicted octanol–water partition coefficient (Wildman–Crippen LogP) is 3.50. The van der Waals surface area contributed by atoms with Crippen molar-refractivity contribution in [2.75, 3.05) is 33.0 Å². The lowest BCUT2D eigenvalue weighted by atomic mass is 10.1. The summed E-state index contributed by atoms with van der Waals surface area (Å²) in [5, 5.41) is 3.23. The summed E-state index contributed by atoms with van der Waals surface area (Å²) in [6.45, 7) is 4.15. The molecule has 148 valence electrons. The standard InChI is InChI=1S/C22H21N3O3S/c26-22(17-6-7-19-20(12-17)28-15-27-19)25-10-8-24(9-11-25)13-21-23-18(14-29-21)16-4-2-1-3-5-16/h1-7,12,14H,8-11,13,15H2. The molecule has 0 N–H and O–H groups in total. The number of aromatic nitrogens is 1. The molecule has 29 heavy (non-hydrogen) atoms. The highest BCUT2D eigenvalue weighted by molar-refractivity contribution is 7.09. The van der Waals surface area contributed by atoms with E-state index in [9.17, 15) is 4.79 Å². The molecule has 1 amide bonds. The van der Waals surface area contributed by atoms with E-state index in [1.807, 2.05) is 29.2 Å². The topological polar surface area (TPSA) is 54.9 Å². The van der Waals surface area contributed by atoms with Crippen LogP contribution < -0.4 is 9.47 Å². The third-order valence-electron chi connectivity index (χ3n) is 5.26. The second-order valence-corrected chi connectivity index (χ2v) is 8.07. The van der Waals surface area contributed by atoms with Crippen molar-refractivity contribution in [3.63, 3.8) is 0 Å². The minimum atomic E-state index is 0.0450. The lowest BCUT2D eigenvalue weighted by Gasteiger charge is -2.34. The third-order valence-corrected chi connectivity index (χ3v) is 6.09. The van der Waals surface area contributed by atoms with Crippen LogP contribution in [-0.2, 0) is 6.54 Å². The molecule has 0 bridgehead atoms. The van der Waals surface area contributed by atoms with Gasteiger partial charge in [-0.3, -0.25) is 9.69 Å². The summed E-state index contributed by atoms with van der Waals surface area (Å²) in [5.41, 5.74) is 2.83. The van der Waals surface area contributed by atoms with Crippen molar-refractivity contribution in [1.29, 1.82) is 0 Å². The van der Waals surface area contributed by atoms with Crippen LogP contribution in [0.4, 0.5) is 0 Å². The highest BCUT2D eigenvalue weighted by Gasteiger charge is 2.24. The SMILES string of the molecule is O=C(c1ccc2c(c1)OCO2)N1CCN(Cc2nc(-c3ccccc3)cs2)CC1. The van der Waals surface area contributed by atoms with Gasteiger partial charge < -0.3 is 14.4 Å². The zero-order valence-corrected chi connectivity index (χ0v) is 16.7. The number of ether oxygens (including phenoxy) is 2. The van der Waals surface area contributed by atoms with E-state index in [1.165, 1.54) is 0 Å². The maximum absolute atomic E-state index is 12.8. The van der Waals surface area contributed by atoms with Crippen LogP contribution >= 0.6 is 11.3 Å². The first kappa shape index (κ1) is 18.1. The molecule has 5 rings (SSSR count). The number of rotatable bonds is 4. The fraction of sp³-hybridized carbons (Fsp3) is 0.273. The molecule has 2 aromatic carbocycles. The first-order valence-corrected chi connectivity index (χ1v) is 10.6. The fourth-order valence-corrected chi connectivity index (χ4v) is 4.48. The van der Waals surface area contributed by atoms with E-state index in [4.69, 9.17) is 14.5 Å². The number of benzene rings is 2. The second kappa shape index (κ2) is 7.85. The molecule has 2 aliphatic rings. The molecule has 7 heteroatoms. The summed E-state index contributed by atoms with van der Waals surface area (Å²) in [4.78, 5) is 21.9. The lowest BCUT2D eigenvalue weighted by molar-refractivity contribution is 0.0628. The molecule has 1 fully saturated rings. The van der Waals surface area contributed by atoms with Gasteiger partial charge in [-0.25, -0.2) is 4.98 Å². The van der Waals surface area contributed by atoms with Crippen LogP contribution in [0.1, 0.15) is 15.4 Å². The number of carbonyl (C=O) groups is 1. The van der Waals surface area contributed by atoms with E-state index in [2.05, 4.69) is 22.4 Å². The van der Waals surface area contributed by atoms with E-state index >= 15 is 0 Å². The molecule has 0 radical (unpaired) electrons. The van der Waals surface area contributed by atoms with Gasteiger partial charge in [-0.05, 0) is 18.2 Å². The number of hydrogen-bond donors (Lipinski definition) is 0. The Balaban J connectivity index is 1.18. The van der Waals surface area contributed by atoms with Gasteiger partial charge in [0.25, 0.3) is 5.91 Å². The Bertz CT molecular complexity index is 1010. The van der Waals surface area contributed by atoms with Gasteiger partial charge in [0.05, 0.1) is 12.2 Å². The Morgan fingerprint density at radius 3 is 2.62 bits per heavy atom. The number of piperazine rings is 1. The third kappa shape index (κ3) is 3.83. The highest BCUT2D eigenvalue weighted by atomic mass is 32.1. The molecule has 6 nitrogen and oxygen atoms in total. The minimum Gasteiger partial charge on any atom is -0.454 e. The van der Waals surface area contributed by atoms with E-state index in [0.29, 0.717) is 30.2 Å². The van der Waals surface area contributed by atoms with Gasteiger partial charge >= 0.3 is 0 Å². The second-order valence-electron chi connectivity index (χ2n) is 7.13. The van der Waals surface area contributed by atoms with Crippen molar-refractivity contribution in [2.45, 2.75) is 6.54 Å². The molecular weight excluding hydrogens is 386 g/mol. The van der Waals surface area contributed by atoms with E-state index in [1.54, 1.807) is 23.5 Å². The maximum Gasteiger partial charge on any atom is 0.254 e. The van der Waals surface area contributed by atoms with Crippen molar-refractivity contribution in [3.05, 3.63) is 64.5 Å². The molecule has 0 spiro atoms. The molecule has 2 aliphatic heterocycles. The normalized spacial score (nSPS) is 16.2. The Morgan fingerprint density at radius 1 is 1.00 bits per heavy atom. The number of hydrogen-bond acceptors (Lipinski definition) is 6. The predicted molar refractivity (Wildman–Crippen MR) is 111 cm³/mol. The number of carbonyl (C=O) groups excluding carboxylic acids is 1. The van der Waals surface area contributed by atoms with Gasteiger partial charge in [0, 0.05) is 42.7 Å². The van der Waals surface area contributed by atoms with Crippen molar-refractivity contribution >= 4 is 17.2 Å². The Labute approximate surface area is 173 Å². The number of amides is 1. The van der Waals surface area contributed by atoms with E-state index < -0.39 is 0 Å². The number of thiazole rings is 1. The molecular formula is C22H21N3O3S. The lowest BCUT2D eigenvalue weighted by Crippen LogP contribution is -2.48. The average Bonchev–Trinajstić information content (AvgIpc) is 3.43. The smallest absolute Gasteiger partial charge is 0.254 e. The zero-order valence-electron chi connectivity index (χ0n) is 15.9. The van der Waals surface area contributed by atoms with Gasteiger partial charge in [0.1, 0.15) is 5.01 Å². The number of fused-ring (bicyclic) bond motifs is 1. The molecule has 0 atom stereocenters. The summed E-state index contributed by atoms with van der Waals surface area (Å²) in [7, 11) is 0. The van der Waals surface area contributed by atoms with Crippen LogP contribution in [0, 0.1) is 0 Å². The zero-order chi connectivity index (χ0) is 19.6. The molecule has 0 unspecified atom stereocenters. The molecule has 0 saturated carbocycles. The summed E-state index contributed by atoms with van der Waals surface area (Å²) in [6, 6.07) is 15.6. The van der Waals surface area contributed by atoms with E-state index in [-0.39, 0.29) is 12.7 Å². The summed E-state index contributed by atoms with van der Waals surface area (Å²) in [5.74, 6) is 1.39. The number of nitrogens with zero attached hydrogens (tertiary/aromatic N) is 3. The fourth-order valence-electron chi connectivity index (χ4n) is 3.64. The largest absolute Gasteiger partial charge is 0.454 e. The van der Waals surface area contributed by atoms with Crippen LogP contribution in [0.15, 0.2) is 53.9 Å². The molecule has 1 aromatic heterocycles. The van der Waals surface area contributed by atoms with E-state index in [0.717, 1.165) is 35.9 Å². The van der Waals surface area contributed by atoms with Gasteiger partial charge in [-0.1, -0.05) is 30.3 Å². The molecule has 0 aliphatic carbocycles. The molecule has 1 saturated heterocycles. The molecule has 3 aromatic rings. The Morgan fingerprint density at radius 2 is 1.79 bits per heavy atom. The summed E-state index contributed by atoms with van der Waals surface area (Å²) in [6.07, 6.45) is 0. The Hall–Kier alpha value is -2.90. The van der Waals surface area contributed by atoms with Crippen molar-refractivity contribution in [3.8, 4) is 22.8 Å². The highest BCUT2D eigenvalue weighted by Crippen LogP contribution is 2.33. The summed E-state index contributed by atoms with van der Waals surface area (Å²) < 4.78 is 10.7. The van der Waals surface area contributed by atoms with Crippen LogP contribution in [0.2, 0.25) is 0 Å². The van der Waals surface area contributed by atoms with Gasteiger partial charge in [-0.2, -0.15) is 0 Å². The van der Waals surface area contributed by atoms with Gasteiger partial charge in [0.2, 0.25) is 6.79 Å². The van der Waals surface area contributed by atoms with Crippen LogP contribution in [0.5, 0.6) is 11.5 Å². The Kier molecular flexibility index (Phi) is 4.91. The van der Waals surface area contributed by atoms with Crippen LogP contribution in [0.3, 0.4) is 0 Å². The van der Waals surface area contributed by atoms with Crippen LogP contribution in [0.25, 0.3) is 11.3 Å². The maximum atomic E-state index is 12.8. The average molecular weight is 407 g/mol. The van der Waals surface area contributed by atoms with Crippen LogP contribution in [-0.4, -0.2) is 53.7 Å². The summed E-state index contributed by atoms with van der Waals surface area (Å²) >= 11 is 1.69. The monoisotopic (exact) mass is 407 g/mol. The van der Waals surface area contributed by atoms with Gasteiger partial charge in [0.15, 0.2) is 11.5 Å². The first-order valence-electron chi connectivity index (χ1n) is 9.67. The molecule has 3 heterocycles. The van der Waals surface area contributed by atoms with Crippen molar-refractivity contribution < 1.29 is 14.3 Å². The van der Waals surface area contributed by atoms with Gasteiger partial charge in [-0.15, -0.1) is 11.3 Å². The van der Waals surface area contributed by atoms with Crippen molar-refractivity contribution in [2.24, 2.45) is 0 Å². The minimum absolute atomic E-state index is 0.0450.